The molecule has 20 heteroatoms. The van der Waals surface area contributed by atoms with Crippen molar-refractivity contribution in [3.63, 3.8) is 0 Å². The van der Waals surface area contributed by atoms with Crippen molar-refractivity contribution in [1.82, 2.24) is 0 Å². The van der Waals surface area contributed by atoms with Gasteiger partial charge in [0.2, 0.25) is 11.5 Å². The lowest BCUT2D eigenvalue weighted by molar-refractivity contribution is 0.0999. The minimum Gasteiger partial charge on any atom is -0.485 e. The monoisotopic (exact) mass is 1200 g/mol. The van der Waals surface area contributed by atoms with Crippen molar-refractivity contribution < 1.29 is 57.4 Å². The van der Waals surface area contributed by atoms with Gasteiger partial charge < -0.3 is 33.7 Å². The van der Waals surface area contributed by atoms with Crippen LogP contribution in [-0.4, -0.2) is 11.8 Å². The van der Waals surface area contributed by atoms with Gasteiger partial charge in [0.15, 0.2) is 35.3 Å². The Morgan fingerprint density at radius 1 is 0.366 bits per heavy atom. The van der Waals surface area contributed by atoms with E-state index in [4.69, 9.17) is 28.4 Å². The van der Waals surface area contributed by atoms with E-state index in [1.165, 1.54) is 24.3 Å². The minimum absolute atomic E-state index is 0.0150. The molecule has 0 aliphatic carbocycles. The first-order chi connectivity index (χ1) is 40.3. The lowest BCUT2D eigenvalue weighted by atomic mass is 10.1. The fourth-order valence-corrected chi connectivity index (χ4v) is 10.9. The summed E-state index contributed by atoms with van der Waals surface area (Å²) in [7, 11) is 0. The van der Waals surface area contributed by atoms with Gasteiger partial charge in [-0.1, -0.05) is 182 Å². The van der Waals surface area contributed by atoms with Crippen LogP contribution >= 0.6 is 60.9 Å². The molecule has 0 saturated carbocycles. The first-order valence-corrected chi connectivity index (χ1v) is 28.5. The first-order valence-electron chi connectivity index (χ1n) is 25.0. The quantitative estimate of drug-likeness (QED) is 0.0391. The molecule has 0 bridgehead atoms. The summed E-state index contributed by atoms with van der Waals surface area (Å²) in [6.45, 7) is -0.0736. The second-order valence-corrected chi connectivity index (χ2v) is 20.5. The number of amides is 2. The number of nitrogens with zero attached hydrogens (tertiary/aromatic N) is 1. The molecular formula is C62H47F5N2O8S5. The number of halogens is 5. The van der Waals surface area contributed by atoms with E-state index in [1.807, 2.05) is 182 Å². The fourth-order valence-electron chi connectivity index (χ4n) is 8.24. The number of anilines is 2. The van der Waals surface area contributed by atoms with Crippen LogP contribution in [0.3, 0.4) is 0 Å². The molecule has 0 unspecified atom stereocenters. The van der Waals surface area contributed by atoms with Crippen molar-refractivity contribution in [2.24, 2.45) is 0 Å². The Labute approximate surface area is 492 Å². The minimum atomic E-state index is -1.26. The Kier molecular flexibility index (Phi) is 21.3. The molecule has 418 valence electrons. The van der Waals surface area contributed by atoms with E-state index in [2.05, 4.69) is 5.32 Å². The highest BCUT2D eigenvalue weighted by molar-refractivity contribution is 8.00. The number of carbonyl (C=O) groups is 2. The molecule has 10 nitrogen and oxygen atoms in total. The molecule has 0 aliphatic rings. The second-order valence-electron chi connectivity index (χ2n) is 17.7. The molecule has 9 rings (SSSR count). The van der Waals surface area contributed by atoms with Gasteiger partial charge in [-0.25, -0.2) is 4.31 Å². The van der Waals surface area contributed by atoms with Crippen molar-refractivity contribution in [3.8, 4) is 34.5 Å². The number of rotatable bonds is 27. The summed E-state index contributed by atoms with van der Waals surface area (Å²) in [6.07, 6.45) is 0. The SMILES string of the molecule is O=C(Nc1c(SF)c(SF)c(SF)c(SF)c1N(SF)C(=O)c1cc(OCc2ccccc2)c(OCc2ccccc2)c(OCc2ccccc2)c1)c1cc(OCc2ccccc2)c(OCc2ccccc2)c(OCc2ccccc2)c1. The van der Waals surface area contributed by atoms with Crippen LogP contribution in [0.4, 0.5) is 30.8 Å². The second kappa shape index (κ2) is 29.7. The Morgan fingerprint density at radius 2 is 0.646 bits per heavy atom. The predicted molar refractivity (Wildman–Crippen MR) is 315 cm³/mol. The molecular weight excluding hydrogens is 1160 g/mol. The van der Waals surface area contributed by atoms with Gasteiger partial charge in [0.1, 0.15) is 45.3 Å². The lowest BCUT2D eigenvalue weighted by Gasteiger charge is -2.26. The van der Waals surface area contributed by atoms with Crippen molar-refractivity contribution in [3.05, 3.63) is 251 Å². The Hall–Kier alpha value is -7.88. The van der Waals surface area contributed by atoms with Gasteiger partial charge in [-0.05, 0) is 57.6 Å². The molecule has 9 aromatic rings. The maximum absolute atomic E-state index is 16.2. The summed E-state index contributed by atoms with van der Waals surface area (Å²) in [5.74, 6) is -2.23. The van der Waals surface area contributed by atoms with Gasteiger partial charge in [-0.15, -0.1) is 3.89 Å². The molecule has 0 atom stereocenters. The van der Waals surface area contributed by atoms with Crippen LogP contribution in [0.15, 0.2) is 226 Å². The van der Waals surface area contributed by atoms with Crippen LogP contribution < -0.4 is 38.0 Å². The van der Waals surface area contributed by atoms with Crippen LogP contribution in [0.2, 0.25) is 0 Å². The third-order valence-electron chi connectivity index (χ3n) is 12.3. The lowest BCUT2D eigenvalue weighted by Crippen LogP contribution is -2.26. The van der Waals surface area contributed by atoms with Crippen LogP contribution in [0.5, 0.6) is 34.5 Å². The average Bonchev–Trinajstić information content (AvgIpc) is 3.62. The number of benzene rings is 9. The van der Waals surface area contributed by atoms with Crippen molar-refractivity contribution in [1.29, 1.82) is 0 Å². The highest BCUT2D eigenvalue weighted by Gasteiger charge is 2.36. The van der Waals surface area contributed by atoms with Gasteiger partial charge in [-0.2, -0.15) is 15.5 Å². The summed E-state index contributed by atoms with van der Waals surface area (Å²) in [6, 6.07) is 60.0. The molecule has 0 aromatic heterocycles. The van der Waals surface area contributed by atoms with Gasteiger partial charge in [0, 0.05) is 11.1 Å². The summed E-state index contributed by atoms with van der Waals surface area (Å²) in [5, 5.41) is 2.50. The number of hydrogen-bond acceptors (Lipinski definition) is 13. The Morgan fingerprint density at radius 3 is 0.939 bits per heavy atom. The molecule has 82 heavy (non-hydrogen) atoms. The van der Waals surface area contributed by atoms with Gasteiger partial charge in [-0.3, -0.25) is 9.59 Å². The zero-order chi connectivity index (χ0) is 57.0. The summed E-state index contributed by atoms with van der Waals surface area (Å²) in [4.78, 5) is 26.9. The number of ether oxygens (including phenoxy) is 6. The molecule has 0 spiro atoms. The van der Waals surface area contributed by atoms with Crippen LogP contribution in [0.25, 0.3) is 0 Å². The Bertz CT molecular complexity index is 3430. The molecule has 0 radical (unpaired) electrons. The maximum Gasteiger partial charge on any atom is 0.270 e. The number of carbonyl (C=O) groups excluding carboxylic acids is 2. The molecule has 0 heterocycles. The fraction of sp³-hybridized carbons (Fsp3) is 0.0968. The molecule has 0 fully saturated rings. The predicted octanol–water partition coefficient (Wildman–Crippen LogP) is 18.5. The zero-order valence-corrected chi connectivity index (χ0v) is 47.1. The number of hydrogen-bond donors (Lipinski definition) is 1. The highest BCUT2D eigenvalue weighted by atomic mass is 32.2. The first kappa shape index (κ1) is 58.8. The van der Waals surface area contributed by atoms with E-state index in [1.54, 1.807) is 0 Å². The van der Waals surface area contributed by atoms with E-state index in [0.717, 1.165) is 33.4 Å². The van der Waals surface area contributed by atoms with Crippen molar-refractivity contribution in [2.75, 3.05) is 9.62 Å². The molecule has 1 N–H and O–H groups in total. The summed E-state index contributed by atoms with van der Waals surface area (Å²) >= 11 is -3.45. The summed E-state index contributed by atoms with van der Waals surface area (Å²) < 4.78 is 116. The van der Waals surface area contributed by atoms with E-state index in [9.17, 15) is 0 Å². The van der Waals surface area contributed by atoms with E-state index in [0.29, 0.717) is 0 Å². The van der Waals surface area contributed by atoms with E-state index < -0.39 is 104 Å². The smallest absolute Gasteiger partial charge is 0.270 e. The van der Waals surface area contributed by atoms with Gasteiger partial charge in [0.25, 0.3) is 11.8 Å². The molecule has 9 aromatic carbocycles. The van der Waals surface area contributed by atoms with Gasteiger partial charge in [0.05, 0.1) is 73.9 Å². The molecule has 2 amide bonds. The highest BCUT2D eigenvalue weighted by Crippen LogP contribution is 2.57. The van der Waals surface area contributed by atoms with Crippen molar-refractivity contribution >= 4 is 84.1 Å². The van der Waals surface area contributed by atoms with Crippen molar-refractivity contribution in [2.45, 2.75) is 59.2 Å². The summed E-state index contributed by atoms with van der Waals surface area (Å²) in [5.41, 5.74) is 2.23. The van der Waals surface area contributed by atoms with Crippen LogP contribution in [-0.2, 0) is 39.6 Å². The maximum atomic E-state index is 16.2. The van der Waals surface area contributed by atoms with Crippen LogP contribution in [0, 0.1) is 0 Å². The Balaban J connectivity index is 1.16. The standard InChI is InChI=1S/C62H47F5N2O8S5/c63-78-57-53(68-61(70)47-31-49(72-35-41-19-7-1-8-20-41)55(76-39-45-27-15-5-16-28-45)50(32-47)73-36-42-21-9-2-10-22-42)54(58(79-64)60(81-66)59(57)80-65)69(82-67)62(71)48-33-51(74-37-43-23-11-3-12-24-43)56(77-40-46-29-17-6-18-30-46)52(34-48)75-38-44-25-13-4-14-26-44/h1-34H,35-40H2,(H,68,70). The third-order valence-corrected chi connectivity index (χ3v) is 15.4. The third kappa shape index (κ3) is 15.0. The molecule has 0 saturated heterocycles. The largest absolute Gasteiger partial charge is 0.485 e. The van der Waals surface area contributed by atoms with Gasteiger partial charge >= 0.3 is 0 Å². The normalized spacial score (nSPS) is 10.9. The van der Waals surface area contributed by atoms with Crippen LogP contribution in [0.1, 0.15) is 54.1 Å². The van der Waals surface area contributed by atoms with E-state index >= 15 is 29.0 Å². The van der Waals surface area contributed by atoms with E-state index in [-0.39, 0.29) is 89.6 Å². The average molecular weight is 1200 g/mol. The topological polar surface area (TPSA) is 105 Å². The molecule has 0 aliphatic heterocycles. The zero-order valence-electron chi connectivity index (χ0n) is 43.0. The number of nitrogens with one attached hydrogen (secondary N) is 1.